The van der Waals surface area contributed by atoms with E-state index < -0.39 is 0 Å². The quantitative estimate of drug-likeness (QED) is 0.762. The molecule has 0 bridgehead atoms. The van der Waals surface area contributed by atoms with Crippen LogP contribution in [0.15, 0.2) is 48.9 Å². The van der Waals surface area contributed by atoms with Crippen molar-refractivity contribution in [2.45, 2.75) is 19.8 Å². The summed E-state index contributed by atoms with van der Waals surface area (Å²) in [5, 5.41) is 5.66. The number of imidazole rings is 1. The van der Waals surface area contributed by atoms with Gasteiger partial charge in [0, 0.05) is 30.1 Å². The zero-order valence-electron chi connectivity index (χ0n) is 14.2. The first-order chi connectivity index (χ1) is 12.6. The lowest BCUT2D eigenvalue weighted by atomic mass is 10.00. The Balaban J connectivity index is 1.50. The second-order valence-electron chi connectivity index (χ2n) is 6.12. The minimum absolute atomic E-state index is 0.00833. The van der Waals surface area contributed by atoms with Crippen molar-refractivity contribution < 1.29 is 9.59 Å². The minimum Gasteiger partial charge on any atom is -0.326 e. The number of benzene rings is 1. The molecule has 2 amide bonds. The van der Waals surface area contributed by atoms with Gasteiger partial charge in [-0.1, -0.05) is 0 Å². The molecule has 0 radical (unpaired) electrons. The molecule has 0 aliphatic carbocycles. The normalized spacial score (nSPS) is 13.0. The highest BCUT2D eigenvalue weighted by Crippen LogP contribution is 2.24. The third kappa shape index (κ3) is 3.06. The standard InChI is InChI=1S/C19H17N5O2/c1-12-20-8-9-24(12)17-6-4-15(11-21-17)22-19(26)14-2-5-16-13(10-14)3-7-18(25)23-16/h2,4-6,8-11H,3,7H2,1H3,(H,22,26)(H,23,25). The molecule has 0 atom stereocenters. The molecule has 26 heavy (non-hydrogen) atoms. The topological polar surface area (TPSA) is 88.9 Å². The van der Waals surface area contributed by atoms with E-state index in [0.717, 1.165) is 22.9 Å². The van der Waals surface area contributed by atoms with Gasteiger partial charge in [0.25, 0.3) is 5.91 Å². The molecule has 1 aliphatic heterocycles. The van der Waals surface area contributed by atoms with Crippen molar-refractivity contribution in [3.63, 3.8) is 0 Å². The smallest absolute Gasteiger partial charge is 0.255 e. The number of carbonyl (C=O) groups is 2. The Hall–Kier alpha value is -3.48. The van der Waals surface area contributed by atoms with E-state index in [4.69, 9.17) is 0 Å². The zero-order valence-corrected chi connectivity index (χ0v) is 14.2. The molecule has 0 unspecified atom stereocenters. The maximum absolute atomic E-state index is 12.5. The van der Waals surface area contributed by atoms with Gasteiger partial charge in [-0.2, -0.15) is 0 Å². The molecule has 1 aliphatic rings. The van der Waals surface area contributed by atoms with Gasteiger partial charge in [0.05, 0.1) is 11.9 Å². The Morgan fingerprint density at radius 1 is 1.19 bits per heavy atom. The van der Waals surface area contributed by atoms with Gasteiger partial charge >= 0.3 is 0 Å². The Labute approximate surface area is 150 Å². The molecule has 3 heterocycles. The first kappa shape index (κ1) is 16.0. The molecular formula is C19H17N5O2. The van der Waals surface area contributed by atoms with Crippen LogP contribution < -0.4 is 10.6 Å². The fraction of sp³-hybridized carbons (Fsp3) is 0.158. The number of nitrogens with zero attached hydrogens (tertiary/aromatic N) is 3. The molecular weight excluding hydrogens is 330 g/mol. The summed E-state index contributed by atoms with van der Waals surface area (Å²) in [7, 11) is 0. The van der Waals surface area contributed by atoms with Crippen LogP contribution in [0.1, 0.15) is 28.2 Å². The van der Waals surface area contributed by atoms with Crippen molar-refractivity contribution in [1.29, 1.82) is 0 Å². The largest absolute Gasteiger partial charge is 0.326 e. The number of fused-ring (bicyclic) bond motifs is 1. The van der Waals surface area contributed by atoms with Crippen LogP contribution >= 0.6 is 0 Å². The number of aryl methyl sites for hydroxylation is 2. The summed E-state index contributed by atoms with van der Waals surface area (Å²) in [5.74, 6) is 1.38. The third-order valence-corrected chi connectivity index (χ3v) is 4.34. The summed E-state index contributed by atoms with van der Waals surface area (Å²) in [6, 6.07) is 8.92. The highest BCUT2D eigenvalue weighted by atomic mass is 16.2. The van der Waals surface area contributed by atoms with Gasteiger partial charge in [0.1, 0.15) is 11.6 Å². The SMILES string of the molecule is Cc1nccn1-c1ccc(NC(=O)c2ccc3c(c2)CCC(=O)N3)cn1. The first-order valence-corrected chi connectivity index (χ1v) is 8.31. The molecule has 0 saturated heterocycles. The number of hydrogen-bond acceptors (Lipinski definition) is 4. The van der Waals surface area contributed by atoms with Crippen LogP contribution in [0.4, 0.5) is 11.4 Å². The lowest BCUT2D eigenvalue weighted by Crippen LogP contribution is -2.20. The van der Waals surface area contributed by atoms with Crippen LogP contribution in [0.25, 0.3) is 5.82 Å². The van der Waals surface area contributed by atoms with E-state index in [1.807, 2.05) is 29.8 Å². The Morgan fingerprint density at radius 3 is 2.81 bits per heavy atom. The van der Waals surface area contributed by atoms with Crippen LogP contribution in [0.5, 0.6) is 0 Å². The van der Waals surface area contributed by atoms with Gasteiger partial charge in [0.2, 0.25) is 5.91 Å². The summed E-state index contributed by atoms with van der Waals surface area (Å²) in [6.45, 7) is 1.90. The van der Waals surface area contributed by atoms with Crippen molar-refractivity contribution in [1.82, 2.24) is 14.5 Å². The molecule has 7 heteroatoms. The molecule has 1 aromatic carbocycles. The Kier molecular flexibility index (Phi) is 3.96. The third-order valence-electron chi connectivity index (χ3n) is 4.34. The van der Waals surface area contributed by atoms with E-state index >= 15 is 0 Å². The van der Waals surface area contributed by atoms with Crippen LogP contribution in [-0.4, -0.2) is 26.3 Å². The number of rotatable bonds is 3. The second-order valence-corrected chi connectivity index (χ2v) is 6.12. The van der Waals surface area contributed by atoms with Gasteiger partial charge in [-0.05, 0) is 49.2 Å². The Bertz CT molecular complexity index is 991. The molecule has 7 nitrogen and oxygen atoms in total. The minimum atomic E-state index is -0.210. The molecule has 2 aromatic heterocycles. The lowest BCUT2D eigenvalue weighted by Gasteiger charge is -2.17. The molecule has 3 aromatic rings. The summed E-state index contributed by atoms with van der Waals surface area (Å²) < 4.78 is 1.86. The molecule has 130 valence electrons. The van der Waals surface area contributed by atoms with Crippen LogP contribution in [0, 0.1) is 6.92 Å². The Morgan fingerprint density at radius 2 is 2.08 bits per heavy atom. The lowest BCUT2D eigenvalue weighted by molar-refractivity contribution is -0.116. The molecule has 0 fully saturated rings. The van der Waals surface area contributed by atoms with Gasteiger partial charge < -0.3 is 10.6 Å². The summed E-state index contributed by atoms with van der Waals surface area (Å²) in [4.78, 5) is 32.4. The summed E-state index contributed by atoms with van der Waals surface area (Å²) in [6.07, 6.45) is 6.25. The number of anilines is 2. The zero-order chi connectivity index (χ0) is 18.1. The average molecular weight is 347 g/mol. The highest BCUT2D eigenvalue weighted by Gasteiger charge is 2.16. The fourth-order valence-corrected chi connectivity index (χ4v) is 2.95. The van der Waals surface area contributed by atoms with E-state index in [1.165, 1.54) is 0 Å². The fourth-order valence-electron chi connectivity index (χ4n) is 2.95. The van der Waals surface area contributed by atoms with Crippen molar-refractivity contribution in [3.8, 4) is 5.82 Å². The van der Waals surface area contributed by atoms with Crippen molar-refractivity contribution >= 4 is 23.2 Å². The van der Waals surface area contributed by atoms with Crippen molar-refractivity contribution in [3.05, 3.63) is 65.9 Å². The first-order valence-electron chi connectivity index (χ1n) is 8.31. The van der Waals surface area contributed by atoms with Crippen molar-refractivity contribution in [2.75, 3.05) is 10.6 Å². The second kappa shape index (κ2) is 6.44. The number of amides is 2. The predicted molar refractivity (Wildman–Crippen MR) is 97.4 cm³/mol. The van der Waals surface area contributed by atoms with Crippen LogP contribution in [0.3, 0.4) is 0 Å². The van der Waals surface area contributed by atoms with Crippen LogP contribution in [-0.2, 0) is 11.2 Å². The van der Waals surface area contributed by atoms with Gasteiger partial charge in [-0.3, -0.25) is 14.2 Å². The molecule has 2 N–H and O–H groups in total. The predicted octanol–water partition coefficient (Wildman–Crippen LogP) is 2.71. The maximum Gasteiger partial charge on any atom is 0.255 e. The number of pyridine rings is 1. The van der Waals surface area contributed by atoms with Gasteiger partial charge in [0.15, 0.2) is 0 Å². The maximum atomic E-state index is 12.5. The number of nitrogens with one attached hydrogen (secondary N) is 2. The molecule has 0 spiro atoms. The summed E-state index contributed by atoms with van der Waals surface area (Å²) >= 11 is 0. The molecule has 4 rings (SSSR count). The van der Waals surface area contributed by atoms with Gasteiger partial charge in [-0.25, -0.2) is 9.97 Å². The average Bonchev–Trinajstić information content (AvgIpc) is 3.08. The van der Waals surface area contributed by atoms with E-state index in [9.17, 15) is 9.59 Å². The van der Waals surface area contributed by atoms with Crippen molar-refractivity contribution in [2.24, 2.45) is 0 Å². The van der Waals surface area contributed by atoms with E-state index in [1.54, 1.807) is 30.6 Å². The van der Waals surface area contributed by atoms with Gasteiger partial charge in [-0.15, -0.1) is 0 Å². The van der Waals surface area contributed by atoms with E-state index in [0.29, 0.717) is 24.1 Å². The number of hydrogen-bond donors (Lipinski definition) is 2. The van der Waals surface area contributed by atoms with Crippen LogP contribution in [0.2, 0.25) is 0 Å². The monoisotopic (exact) mass is 347 g/mol. The number of carbonyl (C=O) groups excluding carboxylic acids is 2. The number of aromatic nitrogens is 3. The highest BCUT2D eigenvalue weighted by molar-refractivity contribution is 6.05. The molecule has 0 saturated carbocycles. The van der Waals surface area contributed by atoms with E-state index in [-0.39, 0.29) is 11.8 Å². The van der Waals surface area contributed by atoms with E-state index in [2.05, 4.69) is 20.6 Å². The summed E-state index contributed by atoms with van der Waals surface area (Å²) in [5.41, 5.74) is 2.91.